The summed E-state index contributed by atoms with van der Waals surface area (Å²) >= 11 is 0. The number of carbonyl (C=O) groups is 2. The predicted octanol–water partition coefficient (Wildman–Crippen LogP) is 1.43. The van der Waals surface area contributed by atoms with Gasteiger partial charge in [0, 0.05) is 7.05 Å². The highest BCUT2D eigenvalue weighted by Gasteiger charge is 2.35. The Morgan fingerprint density at radius 3 is 2.61 bits per heavy atom. The van der Waals surface area contributed by atoms with Gasteiger partial charge in [-0.15, -0.1) is 5.10 Å². The second-order valence-electron chi connectivity index (χ2n) is 5.37. The molecular formula is C15H18N4O4. The standard InChI is InChI=1S/C15H18N4O4/c1-15(8-13(20)21,12-9-19(2)18-17-12)16-14(22)23-10-11-6-4-3-5-7-11/h3-7,9H,8,10H2,1-2H3,(H,16,22)(H,20,21). The van der Waals surface area contributed by atoms with Crippen molar-refractivity contribution in [3.63, 3.8) is 0 Å². The fraction of sp³-hybridized carbons (Fsp3) is 0.333. The summed E-state index contributed by atoms with van der Waals surface area (Å²) in [7, 11) is 1.66. The molecule has 0 bridgehead atoms. The lowest BCUT2D eigenvalue weighted by molar-refractivity contribution is -0.138. The van der Waals surface area contributed by atoms with Gasteiger partial charge in [0.05, 0.1) is 18.2 Å². The third-order valence-electron chi connectivity index (χ3n) is 3.26. The van der Waals surface area contributed by atoms with E-state index in [1.807, 2.05) is 30.3 Å². The SMILES string of the molecule is Cn1cc(C(C)(CC(=O)O)NC(=O)OCc2ccccc2)nn1. The first-order valence-corrected chi connectivity index (χ1v) is 6.96. The molecule has 2 rings (SSSR count). The van der Waals surface area contributed by atoms with Gasteiger partial charge >= 0.3 is 12.1 Å². The van der Waals surface area contributed by atoms with Crippen molar-refractivity contribution >= 4 is 12.1 Å². The van der Waals surface area contributed by atoms with Crippen LogP contribution in [0.15, 0.2) is 36.5 Å². The number of carbonyl (C=O) groups excluding carboxylic acids is 1. The number of aliphatic carboxylic acids is 1. The van der Waals surface area contributed by atoms with Gasteiger partial charge in [-0.05, 0) is 12.5 Å². The Balaban J connectivity index is 2.05. The van der Waals surface area contributed by atoms with Crippen LogP contribution in [0.2, 0.25) is 0 Å². The molecule has 0 radical (unpaired) electrons. The molecule has 2 aromatic rings. The van der Waals surface area contributed by atoms with Crippen LogP contribution in [0.4, 0.5) is 4.79 Å². The second kappa shape index (κ2) is 6.91. The van der Waals surface area contributed by atoms with E-state index in [0.29, 0.717) is 5.69 Å². The van der Waals surface area contributed by atoms with Crippen molar-refractivity contribution in [3.8, 4) is 0 Å². The lowest BCUT2D eigenvalue weighted by Gasteiger charge is -2.26. The number of ether oxygens (including phenoxy) is 1. The molecule has 1 atom stereocenters. The van der Waals surface area contributed by atoms with Crippen LogP contribution >= 0.6 is 0 Å². The maximum atomic E-state index is 12.0. The van der Waals surface area contributed by atoms with Crippen molar-refractivity contribution < 1.29 is 19.4 Å². The number of aryl methyl sites for hydroxylation is 1. The normalized spacial score (nSPS) is 13.1. The third-order valence-corrected chi connectivity index (χ3v) is 3.26. The van der Waals surface area contributed by atoms with E-state index in [0.717, 1.165) is 5.56 Å². The Hall–Kier alpha value is -2.90. The lowest BCUT2D eigenvalue weighted by atomic mass is 9.94. The van der Waals surface area contributed by atoms with Crippen molar-refractivity contribution in [2.45, 2.75) is 25.5 Å². The highest BCUT2D eigenvalue weighted by Crippen LogP contribution is 2.22. The number of nitrogens with one attached hydrogen (secondary N) is 1. The van der Waals surface area contributed by atoms with Crippen LogP contribution in [0.1, 0.15) is 24.6 Å². The highest BCUT2D eigenvalue weighted by atomic mass is 16.5. The monoisotopic (exact) mass is 318 g/mol. The summed E-state index contributed by atoms with van der Waals surface area (Å²) in [5.41, 5.74) is -0.0328. The first kappa shape index (κ1) is 16.5. The summed E-state index contributed by atoms with van der Waals surface area (Å²) in [5.74, 6) is -1.07. The number of hydrogen-bond acceptors (Lipinski definition) is 5. The summed E-state index contributed by atoms with van der Waals surface area (Å²) in [6.45, 7) is 1.66. The van der Waals surface area contributed by atoms with Gasteiger partial charge in [0.2, 0.25) is 0 Å². The van der Waals surface area contributed by atoms with Crippen LogP contribution in [-0.2, 0) is 28.7 Å². The molecule has 8 nitrogen and oxygen atoms in total. The number of aromatic nitrogens is 3. The molecule has 0 saturated heterocycles. The number of benzene rings is 1. The quantitative estimate of drug-likeness (QED) is 0.834. The topological polar surface area (TPSA) is 106 Å². The maximum Gasteiger partial charge on any atom is 0.408 e. The van der Waals surface area contributed by atoms with Crippen LogP contribution in [0.3, 0.4) is 0 Å². The van der Waals surface area contributed by atoms with Gasteiger partial charge in [0.15, 0.2) is 0 Å². The van der Waals surface area contributed by atoms with Crippen molar-refractivity contribution in [1.29, 1.82) is 0 Å². The van der Waals surface area contributed by atoms with E-state index in [2.05, 4.69) is 15.6 Å². The van der Waals surface area contributed by atoms with E-state index in [1.54, 1.807) is 20.2 Å². The summed E-state index contributed by atoms with van der Waals surface area (Å²) in [6.07, 6.45) is 0.496. The average molecular weight is 318 g/mol. The molecule has 0 aliphatic heterocycles. The number of rotatable bonds is 6. The molecule has 1 amide bonds. The molecule has 1 aromatic heterocycles. The third kappa shape index (κ3) is 4.53. The van der Waals surface area contributed by atoms with E-state index < -0.39 is 17.6 Å². The molecule has 0 fully saturated rings. The van der Waals surface area contributed by atoms with Crippen LogP contribution in [-0.4, -0.2) is 32.2 Å². The largest absolute Gasteiger partial charge is 0.481 e. The van der Waals surface area contributed by atoms with E-state index in [-0.39, 0.29) is 13.0 Å². The van der Waals surface area contributed by atoms with E-state index in [1.165, 1.54) is 4.68 Å². The van der Waals surface area contributed by atoms with Crippen LogP contribution in [0.5, 0.6) is 0 Å². The molecule has 0 aliphatic carbocycles. The number of carboxylic acid groups (broad SMARTS) is 1. The van der Waals surface area contributed by atoms with Gasteiger partial charge in [-0.3, -0.25) is 9.48 Å². The molecule has 0 saturated carbocycles. The number of hydrogen-bond donors (Lipinski definition) is 2. The number of carboxylic acids is 1. The van der Waals surface area contributed by atoms with E-state index in [9.17, 15) is 9.59 Å². The molecule has 8 heteroatoms. The molecule has 1 heterocycles. The van der Waals surface area contributed by atoms with Gasteiger partial charge in [0.1, 0.15) is 12.3 Å². The molecule has 2 N–H and O–H groups in total. The number of nitrogens with zero attached hydrogens (tertiary/aromatic N) is 3. The predicted molar refractivity (Wildman–Crippen MR) is 80.4 cm³/mol. The molecule has 23 heavy (non-hydrogen) atoms. The summed E-state index contributed by atoms with van der Waals surface area (Å²) < 4.78 is 6.57. The summed E-state index contributed by atoms with van der Waals surface area (Å²) in [4.78, 5) is 23.1. The van der Waals surface area contributed by atoms with E-state index >= 15 is 0 Å². The number of alkyl carbamates (subject to hydrolysis) is 1. The minimum atomic E-state index is -1.21. The fourth-order valence-electron chi connectivity index (χ4n) is 2.09. The zero-order valence-corrected chi connectivity index (χ0v) is 12.9. The minimum absolute atomic E-state index is 0.0935. The van der Waals surface area contributed by atoms with Gasteiger partial charge in [-0.25, -0.2) is 4.79 Å². The second-order valence-corrected chi connectivity index (χ2v) is 5.37. The van der Waals surface area contributed by atoms with Gasteiger partial charge in [-0.1, -0.05) is 35.5 Å². The van der Waals surface area contributed by atoms with Gasteiger partial charge in [0.25, 0.3) is 0 Å². The Bertz CT molecular complexity index is 686. The lowest BCUT2D eigenvalue weighted by Crippen LogP contribution is -2.45. The molecular weight excluding hydrogens is 300 g/mol. The molecule has 0 spiro atoms. The van der Waals surface area contributed by atoms with Crippen LogP contribution < -0.4 is 5.32 Å². The molecule has 1 unspecified atom stereocenters. The van der Waals surface area contributed by atoms with Crippen molar-refractivity contribution in [1.82, 2.24) is 20.3 Å². The van der Waals surface area contributed by atoms with Crippen molar-refractivity contribution in [3.05, 3.63) is 47.8 Å². The maximum absolute atomic E-state index is 12.0. The van der Waals surface area contributed by atoms with Gasteiger partial charge < -0.3 is 15.2 Å². The first-order chi connectivity index (χ1) is 10.9. The Kier molecular flexibility index (Phi) is 4.95. The van der Waals surface area contributed by atoms with Crippen molar-refractivity contribution in [2.75, 3.05) is 0 Å². The fourth-order valence-corrected chi connectivity index (χ4v) is 2.09. The Morgan fingerprint density at radius 2 is 2.04 bits per heavy atom. The zero-order valence-electron chi connectivity index (χ0n) is 12.9. The van der Waals surface area contributed by atoms with Gasteiger partial charge in [-0.2, -0.15) is 0 Å². The zero-order chi connectivity index (χ0) is 16.9. The minimum Gasteiger partial charge on any atom is -0.481 e. The first-order valence-electron chi connectivity index (χ1n) is 6.96. The number of amides is 1. The van der Waals surface area contributed by atoms with E-state index in [4.69, 9.17) is 9.84 Å². The Labute approximate surface area is 133 Å². The van der Waals surface area contributed by atoms with Crippen LogP contribution in [0.25, 0.3) is 0 Å². The Morgan fingerprint density at radius 1 is 1.35 bits per heavy atom. The molecule has 122 valence electrons. The molecule has 1 aromatic carbocycles. The van der Waals surface area contributed by atoms with Crippen molar-refractivity contribution in [2.24, 2.45) is 7.05 Å². The average Bonchev–Trinajstić information content (AvgIpc) is 2.93. The summed E-state index contributed by atoms with van der Waals surface area (Å²) in [6, 6.07) is 9.19. The molecule has 0 aliphatic rings. The highest BCUT2D eigenvalue weighted by molar-refractivity contribution is 5.73. The van der Waals surface area contributed by atoms with Crippen LogP contribution in [0, 0.1) is 0 Å². The summed E-state index contributed by atoms with van der Waals surface area (Å²) in [5, 5.41) is 19.3. The smallest absolute Gasteiger partial charge is 0.408 e.